The number of nitrogens with zero attached hydrogens (tertiary/aromatic N) is 4. The molecule has 1 amide bonds. The molecule has 2 heterocycles. The number of hydrogen-bond acceptors (Lipinski definition) is 9. The minimum Gasteiger partial charge on any atom is -0.462 e. The lowest BCUT2D eigenvalue weighted by atomic mass is 10.2. The van der Waals surface area contributed by atoms with E-state index >= 15 is 0 Å². The SMILES string of the molecule is CCOC(=O)c1ccccc1NC(=O)CSc1ncnc2nc(N(C)C)sc12. The number of nitrogens with one attached hydrogen (secondary N) is 1. The van der Waals surface area contributed by atoms with E-state index in [0.29, 0.717) is 21.9 Å². The normalized spacial score (nSPS) is 10.7. The van der Waals surface area contributed by atoms with E-state index in [-0.39, 0.29) is 18.3 Å². The summed E-state index contributed by atoms with van der Waals surface area (Å²) in [6, 6.07) is 6.76. The van der Waals surface area contributed by atoms with Crippen molar-refractivity contribution in [2.75, 3.05) is 36.7 Å². The fourth-order valence-electron chi connectivity index (χ4n) is 2.32. The minimum absolute atomic E-state index is 0.137. The Kier molecular flexibility index (Phi) is 6.42. The highest BCUT2D eigenvalue weighted by molar-refractivity contribution is 8.00. The van der Waals surface area contributed by atoms with E-state index in [1.807, 2.05) is 19.0 Å². The maximum atomic E-state index is 12.4. The van der Waals surface area contributed by atoms with Crippen molar-refractivity contribution in [3.63, 3.8) is 0 Å². The molecule has 0 radical (unpaired) electrons. The zero-order valence-electron chi connectivity index (χ0n) is 15.6. The lowest BCUT2D eigenvalue weighted by molar-refractivity contribution is -0.113. The molecule has 2 aromatic heterocycles. The van der Waals surface area contributed by atoms with Crippen molar-refractivity contribution in [1.82, 2.24) is 15.0 Å². The highest BCUT2D eigenvalue weighted by Crippen LogP contribution is 2.32. The van der Waals surface area contributed by atoms with Gasteiger partial charge < -0.3 is 15.0 Å². The van der Waals surface area contributed by atoms with Crippen LogP contribution in [-0.4, -0.2) is 53.3 Å². The summed E-state index contributed by atoms with van der Waals surface area (Å²) < 4.78 is 5.87. The molecule has 0 unspecified atom stereocenters. The van der Waals surface area contributed by atoms with E-state index in [0.717, 1.165) is 9.83 Å². The van der Waals surface area contributed by atoms with Crippen molar-refractivity contribution in [2.45, 2.75) is 11.9 Å². The van der Waals surface area contributed by atoms with Crippen LogP contribution in [0, 0.1) is 0 Å². The smallest absolute Gasteiger partial charge is 0.340 e. The molecular weight excluding hydrogens is 398 g/mol. The maximum Gasteiger partial charge on any atom is 0.340 e. The van der Waals surface area contributed by atoms with Crippen LogP contribution in [0.15, 0.2) is 35.6 Å². The third-order valence-electron chi connectivity index (χ3n) is 3.57. The van der Waals surface area contributed by atoms with E-state index in [1.165, 1.54) is 29.4 Å². The fraction of sp³-hybridized carbons (Fsp3) is 0.278. The van der Waals surface area contributed by atoms with Gasteiger partial charge in [-0.25, -0.2) is 14.8 Å². The van der Waals surface area contributed by atoms with Crippen LogP contribution in [0.5, 0.6) is 0 Å². The van der Waals surface area contributed by atoms with Gasteiger partial charge in [-0.2, -0.15) is 4.98 Å². The topological polar surface area (TPSA) is 97.3 Å². The van der Waals surface area contributed by atoms with Crippen molar-refractivity contribution in [3.8, 4) is 0 Å². The number of thioether (sulfide) groups is 1. The Balaban J connectivity index is 1.70. The van der Waals surface area contributed by atoms with Crippen molar-refractivity contribution >= 4 is 56.1 Å². The number of ether oxygens (including phenoxy) is 1. The van der Waals surface area contributed by atoms with Gasteiger partial charge in [0, 0.05) is 14.1 Å². The molecule has 0 aliphatic heterocycles. The van der Waals surface area contributed by atoms with Gasteiger partial charge in [0.2, 0.25) is 5.91 Å². The molecule has 3 rings (SSSR count). The number of amides is 1. The summed E-state index contributed by atoms with van der Waals surface area (Å²) in [5.74, 6) is -0.575. The second kappa shape index (κ2) is 8.98. The molecule has 1 N–H and O–H groups in total. The highest BCUT2D eigenvalue weighted by Gasteiger charge is 2.16. The number of hydrogen-bond donors (Lipinski definition) is 1. The molecule has 146 valence electrons. The number of carbonyl (C=O) groups excluding carboxylic acids is 2. The van der Waals surface area contributed by atoms with Crippen LogP contribution in [0.1, 0.15) is 17.3 Å². The van der Waals surface area contributed by atoms with Crippen molar-refractivity contribution in [3.05, 3.63) is 36.2 Å². The second-order valence-electron chi connectivity index (χ2n) is 5.83. The quantitative estimate of drug-likeness (QED) is 0.356. The van der Waals surface area contributed by atoms with E-state index in [9.17, 15) is 9.59 Å². The van der Waals surface area contributed by atoms with Gasteiger partial charge in [0.25, 0.3) is 0 Å². The van der Waals surface area contributed by atoms with E-state index in [4.69, 9.17) is 4.74 Å². The van der Waals surface area contributed by atoms with Crippen LogP contribution in [0.3, 0.4) is 0 Å². The standard InChI is InChI=1S/C18H19N5O3S2/c1-4-26-17(25)11-7-5-6-8-12(11)21-13(24)9-27-16-14-15(19-10-20-16)22-18(28-14)23(2)3/h5-8,10H,4,9H2,1-3H3,(H,21,24). The first-order valence-electron chi connectivity index (χ1n) is 8.47. The van der Waals surface area contributed by atoms with Crippen LogP contribution in [0.4, 0.5) is 10.8 Å². The summed E-state index contributed by atoms with van der Waals surface area (Å²) >= 11 is 2.77. The first kappa shape index (κ1) is 20.0. The molecule has 0 spiro atoms. The fourth-order valence-corrected chi connectivity index (χ4v) is 4.13. The number of anilines is 2. The molecule has 3 aromatic rings. The number of benzene rings is 1. The van der Waals surface area contributed by atoms with Crippen LogP contribution in [0.25, 0.3) is 10.3 Å². The summed E-state index contributed by atoms with van der Waals surface area (Å²) in [7, 11) is 3.82. The molecule has 0 atom stereocenters. The summed E-state index contributed by atoms with van der Waals surface area (Å²) in [4.78, 5) is 39.3. The number of rotatable bonds is 7. The molecule has 0 saturated heterocycles. The van der Waals surface area contributed by atoms with Gasteiger partial charge in [-0.1, -0.05) is 35.2 Å². The van der Waals surface area contributed by atoms with E-state index in [2.05, 4.69) is 20.3 Å². The lowest BCUT2D eigenvalue weighted by Gasteiger charge is -2.10. The Hall–Kier alpha value is -2.72. The predicted molar refractivity (Wildman–Crippen MR) is 111 cm³/mol. The molecule has 8 nitrogen and oxygen atoms in total. The number of fused-ring (bicyclic) bond motifs is 1. The number of esters is 1. The molecule has 0 aliphatic rings. The van der Waals surface area contributed by atoms with E-state index in [1.54, 1.807) is 31.2 Å². The second-order valence-corrected chi connectivity index (χ2v) is 7.77. The molecule has 10 heteroatoms. The van der Waals surface area contributed by atoms with Gasteiger partial charge in [0.15, 0.2) is 10.8 Å². The van der Waals surface area contributed by atoms with Crippen LogP contribution in [0.2, 0.25) is 0 Å². The predicted octanol–water partition coefficient (Wildman–Crippen LogP) is 3.06. The van der Waals surface area contributed by atoms with Gasteiger partial charge in [0.05, 0.1) is 23.6 Å². The molecule has 1 aromatic carbocycles. The summed E-state index contributed by atoms with van der Waals surface area (Å²) in [6.07, 6.45) is 1.44. The van der Waals surface area contributed by atoms with Crippen LogP contribution < -0.4 is 10.2 Å². The summed E-state index contributed by atoms with van der Waals surface area (Å²) in [5.41, 5.74) is 1.36. The van der Waals surface area contributed by atoms with Gasteiger partial charge in [-0.05, 0) is 19.1 Å². The Bertz CT molecular complexity index is 1010. The Labute approximate surface area is 170 Å². The Morgan fingerprint density at radius 3 is 2.79 bits per heavy atom. The minimum atomic E-state index is -0.468. The van der Waals surface area contributed by atoms with Gasteiger partial charge in [-0.15, -0.1) is 0 Å². The van der Waals surface area contributed by atoms with Gasteiger partial charge >= 0.3 is 5.97 Å². The largest absolute Gasteiger partial charge is 0.462 e. The zero-order chi connectivity index (χ0) is 20.1. The van der Waals surface area contributed by atoms with Crippen LogP contribution in [-0.2, 0) is 9.53 Å². The molecule has 0 bridgehead atoms. The highest BCUT2D eigenvalue weighted by atomic mass is 32.2. The first-order chi connectivity index (χ1) is 13.5. The Morgan fingerprint density at radius 1 is 1.25 bits per heavy atom. The number of para-hydroxylation sites is 1. The lowest BCUT2D eigenvalue weighted by Crippen LogP contribution is -2.17. The van der Waals surface area contributed by atoms with Gasteiger partial charge in [-0.3, -0.25) is 4.79 Å². The van der Waals surface area contributed by atoms with E-state index < -0.39 is 5.97 Å². The average Bonchev–Trinajstić information content (AvgIpc) is 3.12. The zero-order valence-corrected chi connectivity index (χ0v) is 17.3. The molecule has 0 fully saturated rings. The Morgan fingerprint density at radius 2 is 2.04 bits per heavy atom. The average molecular weight is 418 g/mol. The van der Waals surface area contributed by atoms with Crippen molar-refractivity contribution < 1.29 is 14.3 Å². The monoisotopic (exact) mass is 417 g/mol. The first-order valence-corrected chi connectivity index (χ1v) is 10.3. The third kappa shape index (κ3) is 4.57. The molecule has 0 saturated carbocycles. The maximum absolute atomic E-state index is 12.4. The molecule has 0 aliphatic carbocycles. The summed E-state index contributed by atoms with van der Waals surface area (Å²) in [5, 5.41) is 4.29. The van der Waals surface area contributed by atoms with Gasteiger partial charge in [0.1, 0.15) is 16.1 Å². The third-order valence-corrected chi connectivity index (χ3v) is 5.90. The molecule has 28 heavy (non-hydrogen) atoms. The number of carbonyl (C=O) groups is 2. The van der Waals surface area contributed by atoms with Crippen LogP contribution >= 0.6 is 23.1 Å². The number of thiazole rings is 1. The molecular formula is C18H19N5O3S2. The van der Waals surface area contributed by atoms with Crippen molar-refractivity contribution in [1.29, 1.82) is 0 Å². The summed E-state index contributed by atoms with van der Waals surface area (Å²) in [6.45, 7) is 2.00. The number of aromatic nitrogens is 3. The van der Waals surface area contributed by atoms with Crippen molar-refractivity contribution in [2.24, 2.45) is 0 Å².